The van der Waals surface area contributed by atoms with Crippen LogP contribution in [0.1, 0.15) is 18.6 Å². The van der Waals surface area contributed by atoms with Crippen molar-refractivity contribution < 1.29 is 13.7 Å². The van der Waals surface area contributed by atoms with Crippen LogP contribution in [0.4, 0.5) is 0 Å². The lowest BCUT2D eigenvalue weighted by molar-refractivity contribution is -0.142. The fraction of sp³-hybridized carbons (Fsp3) is 0.263. The smallest absolute Gasteiger partial charge is 0.313 e. The van der Waals surface area contributed by atoms with Gasteiger partial charge in [0, 0.05) is 16.0 Å². The normalized spacial score (nSPS) is 13.3. The molecule has 0 radical (unpaired) electrons. The second kappa shape index (κ2) is 7.66. The van der Waals surface area contributed by atoms with Crippen molar-refractivity contribution in [1.29, 1.82) is 0 Å². The van der Waals surface area contributed by atoms with E-state index in [2.05, 4.69) is 16.0 Å². The van der Waals surface area contributed by atoms with Crippen molar-refractivity contribution in [3.8, 4) is 15.4 Å². The Kier molecular flexibility index (Phi) is 5.48. The van der Waals surface area contributed by atoms with Crippen molar-refractivity contribution in [2.24, 2.45) is 0 Å². The fourth-order valence-electron chi connectivity index (χ4n) is 2.61. The van der Waals surface area contributed by atoms with Crippen LogP contribution in [0, 0.1) is 6.92 Å². The molecule has 3 aromatic rings. The van der Waals surface area contributed by atoms with E-state index in [4.69, 9.17) is 4.74 Å². The molecule has 2 aromatic heterocycles. The SMILES string of the molecule is C=S(C)(=O)c1cccc(-c2ccc(-n3nc(C)nc3CC(=O)OCC)s2)c1. The van der Waals surface area contributed by atoms with Gasteiger partial charge in [0.05, 0.1) is 6.61 Å². The predicted octanol–water partition coefficient (Wildman–Crippen LogP) is 3.11. The highest BCUT2D eigenvalue weighted by atomic mass is 32.2. The highest BCUT2D eigenvalue weighted by Crippen LogP contribution is 2.31. The summed E-state index contributed by atoms with van der Waals surface area (Å²) in [5.41, 5.74) is 0.964. The van der Waals surface area contributed by atoms with Crippen LogP contribution in [0.25, 0.3) is 15.4 Å². The molecule has 142 valence electrons. The Morgan fingerprint density at radius 3 is 2.81 bits per heavy atom. The molecule has 6 nitrogen and oxygen atoms in total. The van der Waals surface area contributed by atoms with Crippen LogP contribution in [0.2, 0.25) is 0 Å². The lowest BCUT2D eigenvalue weighted by Crippen LogP contribution is -2.12. The van der Waals surface area contributed by atoms with Crippen LogP contribution in [0.15, 0.2) is 41.3 Å². The molecule has 27 heavy (non-hydrogen) atoms. The molecule has 3 rings (SSSR count). The Balaban J connectivity index is 1.94. The molecule has 0 N–H and O–H groups in total. The molecule has 1 unspecified atom stereocenters. The maximum atomic E-state index is 12.2. The molecule has 0 aliphatic heterocycles. The van der Waals surface area contributed by atoms with Gasteiger partial charge in [-0.15, -0.1) is 11.3 Å². The van der Waals surface area contributed by atoms with Crippen LogP contribution in [-0.4, -0.2) is 43.7 Å². The third-order valence-electron chi connectivity index (χ3n) is 3.81. The zero-order valence-electron chi connectivity index (χ0n) is 15.5. The highest BCUT2D eigenvalue weighted by Gasteiger charge is 2.16. The molecule has 8 heteroatoms. The number of rotatable bonds is 6. The van der Waals surface area contributed by atoms with Crippen LogP contribution < -0.4 is 0 Å². The number of carbonyl (C=O) groups is 1. The van der Waals surface area contributed by atoms with E-state index in [0.717, 1.165) is 20.3 Å². The maximum absolute atomic E-state index is 12.2. The first-order valence-electron chi connectivity index (χ1n) is 8.39. The summed E-state index contributed by atoms with van der Waals surface area (Å²) in [4.78, 5) is 17.9. The summed E-state index contributed by atoms with van der Waals surface area (Å²) >= 11 is 1.52. The van der Waals surface area contributed by atoms with Crippen molar-refractivity contribution >= 4 is 32.7 Å². The van der Waals surface area contributed by atoms with Gasteiger partial charge in [-0.05, 0) is 59.1 Å². The van der Waals surface area contributed by atoms with Gasteiger partial charge in [0.25, 0.3) is 0 Å². The van der Waals surface area contributed by atoms with Crippen LogP contribution >= 0.6 is 11.3 Å². The minimum Gasteiger partial charge on any atom is -0.466 e. The summed E-state index contributed by atoms with van der Waals surface area (Å²) < 4.78 is 18.9. The minimum absolute atomic E-state index is 0.0663. The Labute approximate surface area is 162 Å². The van der Waals surface area contributed by atoms with Crippen molar-refractivity contribution in [3.63, 3.8) is 0 Å². The van der Waals surface area contributed by atoms with Gasteiger partial charge in [-0.1, -0.05) is 12.1 Å². The molecule has 0 aliphatic rings. The van der Waals surface area contributed by atoms with E-state index in [1.807, 2.05) is 36.4 Å². The number of esters is 1. The molecule has 0 amide bonds. The van der Waals surface area contributed by atoms with Crippen molar-refractivity contribution in [2.45, 2.75) is 25.2 Å². The van der Waals surface area contributed by atoms with Crippen LogP contribution in [0.3, 0.4) is 0 Å². The number of aromatic nitrogens is 3. The molecule has 0 aliphatic carbocycles. The summed E-state index contributed by atoms with van der Waals surface area (Å²) in [5.74, 6) is 4.56. The average molecular weight is 404 g/mol. The molecule has 0 spiro atoms. The molecule has 2 heterocycles. The van der Waals surface area contributed by atoms with E-state index in [9.17, 15) is 9.00 Å². The van der Waals surface area contributed by atoms with Gasteiger partial charge >= 0.3 is 5.97 Å². The lowest BCUT2D eigenvalue weighted by Gasteiger charge is -2.05. The number of thiophene rings is 1. The zero-order chi connectivity index (χ0) is 19.6. The van der Waals surface area contributed by atoms with Gasteiger partial charge in [-0.2, -0.15) is 5.10 Å². The van der Waals surface area contributed by atoms with Crippen LogP contribution in [0.5, 0.6) is 0 Å². The molecule has 0 saturated carbocycles. The summed E-state index contributed by atoms with van der Waals surface area (Å²) in [6.45, 7) is 3.89. The van der Waals surface area contributed by atoms with E-state index < -0.39 is 9.52 Å². The summed E-state index contributed by atoms with van der Waals surface area (Å²) in [6.07, 6.45) is 1.70. The zero-order valence-corrected chi connectivity index (χ0v) is 17.1. The second-order valence-electron chi connectivity index (χ2n) is 6.14. The quantitative estimate of drug-likeness (QED) is 0.467. The number of nitrogens with zero attached hydrogens (tertiary/aromatic N) is 3. The van der Waals surface area contributed by atoms with Gasteiger partial charge < -0.3 is 4.74 Å². The Bertz CT molecular complexity index is 1080. The van der Waals surface area contributed by atoms with Gasteiger partial charge in [-0.3, -0.25) is 9.00 Å². The Morgan fingerprint density at radius 1 is 1.33 bits per heavy atom. The third-order valence-corrected chi connectivity index (χ3v) is 6.17. The van der Waals surface area contributed by atoms with E-state index in [0.29, 0.717) is 18.3 Å². The van der Waals surface area contributed by atoms with E-state index in [-0.39, 0.29) is 12.4 Å². The van der Waals surface area contributed by atoms with Gasteiger partial charge in [0.2, 0.25) is 0 Å². The summed E-state index contributed by atoms with van der Waals surface area (Å²) in [6, 6.07) is 11.5. The number of ether oxygens (including phenoxy) is 1. The number of hydrogen-bond donors (Lipinski definition) is 0. The minimum atomic E-state index is -2.28. The van der Waals surface area contributed by atoms with E-state index in [1.165, 1.54) is 11.3 Å². The first-order chi connectivity index (χ1) is 12.8. The average Bonchev–Trinajstić information content (AvgIpc) is 3.21. The second-order valence-corrected chi connectivity index (χ2v) is 9.68. The number of aryl methyl sites for hydroxylation is 1. The van der Waals surface area contributed by atoms with Crippen molar-refractivity contribution in [1.82, 2.24) is 14.8 Å². The molecular formula is C19H21N3O3S2. The maximum Gasteiger partial charge on any atom is 0.313 e. The van der Waals surface area contributed by atoms with Gasteiger partial charge in [-0.25, -0.2) is 9.67 Å². The van der Waals surface area contributed by atoms with E-state index >= 15 is 0 Å². The largest absolute Gasteiger partial charge is 0.466 e. The fourth-order valence-corrected chi connectivity index (χ4v) is 4.32. The molecular weight excluding hydrogens is 382 g/mol. The molecule has 0 fully saturated rings. The first-order valence-corrected chi connectivity index (χ1v) is 11.3. The Hall–Kier alpha value is -2.45. The molecule has 0 saturated heterocycles. The lowest BCUT2D eigenvalue weighted by atomic mass is 10.2. The predicted molar refractivity (Wildman–Crippen MR) is 109 cm³/mol. The summed E-state index contributed by atoms with van der Waals surface area (Å²) in [7, 11) is -2.28. The van der Waals surface area contributed by atoms with Gasteiger partial charge in [0.1, 0.15) is 23.1 Å². The molecule has 0 bridgehead atoms. The topological polar surface area (TPSA) is 74.1 Å². The van der Waals surface area contributed by atoms with Crippen molar-refractivity contribution in [3.05, 3.63) is 48.0 Å². The van der Waals surface area contributed by atoms with Crippen molar-refractivity contribution in [2.75, 3.05) is 12.9 Å². The number of hydrogen-bond acceptors (Lipinski definition) is 6. The van der Waals surface area contributed by atoms with Crippen LogP contribution in [-0.2, 0) is 25.5 Å². The molecule has 1 aromatic carbocycles. The Morgan fingerprint density at radius 2 is 2.11 bits per heavy atom. The first kappa shape index (κ1) is 19.3. The summed E-state index contributed by atoms with van der Waals surface area (Å²) in [5, 5.41) is 5.26. The third kappa shape index (κ3) is 4.45. The highest BCUT2D eigenvalue weighted by molar-refractivity contribution is 7.99. The van der Waals surface area contributed by atoms with Gasteiger partial charge in [0.15, 0.2) is 0 Å². The molecule has 1 atom stereocenters. The van der Waals surface area contributed by atoms with E-state index in [1.54, 1.807) is 24.8 Å². The monoisotopic (exact) mass is 403 g/mol. The number of carbonyl (C=O) groups excluding carboxylic acids is 1. The standard InChI is InChI=1S/C19H21N3O3S2/c1-5-25-19(23)12-17-20-13(2)21-22(17)18-10-9-16(26-18)14-7-6-8-15(11-14)27(3,4)24/h6-11H,3,5,12H2,1-2,4H3. The number of benzene rings is 1.